The Bertz CT molecular complexity index is 3830. The summed E-state index contributed by atoms with van der Waals surface area (Å²) in [7, 11) is 0. The number of aliphatic carboxylic acids is 1. The van der Waals surface area contributed by atoms with E-state index in [0.717, 1.165) is 0 Å². The van der Waals surface area contributed by atoms with Crippen molar-refractivity contribution in [3.8, 4) is 0 Å². The summed E-state index contributed by atoms with van der Waals surface area (Å²) in [5.74, 6) is -19.5. The first-order chi connectivity index (χ1) is 62.5. The Morgan fingerprint density at radius 2 is 0.575 bits per heavy atom. The molecule has 19 amide bonds. The van der Waals surface area contributed by atoms with Crippen LogP contribution in [0.15, 0.2) is 0 Å². The van der Waals surface area contributed by atoms with E-state index in [1.54, 1.807) is 131 Å². The van der Waals surface area contributed by atoms with E-state index in [1.807, 2.05) is 13.8 Å². The lowest BCUT2D eigenvalue weighted by atomic mass is 9.95. The molecule has 26 N–H and O–H groups in total. The van der Waals surface area contributed by atoms with Crippen LogP contribution in [0.2, 0.25) is 0 Å². The fourth-order valence-electron chi connectivity index (χ4n) is 13.6. The molecule has 0 aromatic heterocycles. The third-order valence-corrected chi connectivity index (χ3v) is 21.7. The number of carboxylic acids is 1. The highest BCUT2D eigenvalue weighted by molar-refractivity contribution is 7.98. The van der Waals surface area contributed by atoms with Crippen molar-refractivity contribution in [1.29, 1.82) is 0 Å². The Labute approximate surface area is 793 Å². The minimum Gasteiger partial charge on any atom is -0.480 e. The molecule has 0 heterocycles. The van der Waals surface area contributed by atoms with Gasteiger partial charge in [-0.1, -0.05) is 145 Å². The third-order valence-electron chi connectivity index (χ3n) is 21.1. The van der Waals surface area contributed by atoms with Crippen molar-refractivity contribution in [3.05, 3.63) is 0 Å². The quantitative estimate of drug-likeness (QED) is 0.0266. The first-order valence-electron chi connectivity index (χ1n) is 46.5. The van der Waals surface area contributed by atoms with Crippen molar-refractivity contribution in [3.63, 3.8) is 0 Å². The van der Waals surface area contributed by atoms with Crippen molar-refractivity contribution in [2.24, 2.45) is 70.6 Å². The van der Waals surface area contributed by atoms with Crippen LogP contribution in [0.5, 0.6) is 0 Å². The molecular weight excluding hydrogens is 1760 g/mol. The molecule has 0 aromatic rings. The summed E-state index contributed by atoms with van der Waals surface area (Å²) >= 11 is 1.34. The number of nitrogens with one attached hydrogen (secondary N) is 19. The molecule has 0 aliphatic carbocycles. The summed E-state index contributed by atoms with van der Waals surface area (Å²) in [6.45, 7) is 33.2. The molecule has 0 spiro atoms. The van der Waals surface area contributed by atoms with Gasteiger partial charge in [-0.15, -0.1) is 0 Å². The summed E-state index contributed by atoms with van der Waals surface area (Å²) in [6.07, 6.45) is 3.48. The minimum absolute atomic E-state index is 0.00500. The molecule has 44 nitrogen and oxygen atoms in total. The van der Waals surface area contributed by atoms with Gasteiger partial charge in [0.05, 0.1) is 45.4 Å². The molecule has 0 rings (SSSR count). The Balaban J connectivity index is 6.34. The number of hydrogen-bond donors (Lipinski definition) is 24. The van der Waals surface area contributed by atoms with Gasteiger partial charge < -0.3 is 128 Å². The maximum absolute atomic E-state index is 14.5. The summed E-state index contributed by atoms with van der Waals surface area (Å²) in [5.41, 5.74) is 11.8. The molecule has 0 aromatic carbocycles. The van der Waals surface area contributed by atoms with Crippen LogP contribution < -0.4 is 112 Å². The highest BCUT2D eigenvalue weighted by Gasteiger charge is 2.40. The van der Waals surface area contributed by atoms with Crippen LogP contribution in [0, 0.1) is 59.2 Å². The zero-order valence-corrected chi connectivity index (χ0v) is 83.5. The fraction of sp³-hybridized carbons (Fsp3) is 0.775. The predicted octanol–water partition coefficient (Wildman–Crippen LogP) is -3.28. The number of aliphatic hydroxyl groups excluding tert-OH is 2. The minimum atomic E-state index is -1.68. The topological polar surface area (TPSA) is 683 Å². The van der Waals surface area contributed by atoms with Crippen LogP contribution in [-0.4, -0.2) is 288 Å². The van der Waals surface area contributed by atoms with Crippen LogP contribution in [0.1, 0.15) is 229 Å². The summed E-state index contributed by atoms with van der Waals surface area (Å²) in [4.78, 5) is 272. The van der Waals surface area contributed by atoms with Crippen molar-refractivity contribution < 1.29 is 111 Å². The zero-order valence-electron chi connectivity index (χ0n) is 82.7. The number of carbonyl (C=O) groups is 20. The summed E-state index contributed by atoms with van der Waals surface area (Å²) < 4.78 is 0. The van der Waals surface area contributed by atoms with E-state index in [2.05, 4.69) is 101 Å². The summed E-state index contributed by atoms with van der Waals surface area (Å²) in [5, 5.41) is 78.1. The number of carboxylic acid groups (broad SMARTS) is 1. The molecule has 17 atom stereocenters. The van der Waals surface area contributed by atoms with E-state index in [4.69, 9.17) is 11.5 Å². The Kier molecular flexibility index (Phi) is 59.5. The van der Waals surface area contributed by atoms with E-state index in [-0.39, 0.29) is 106 Å². The molecule has 0 bridgehead atoms. The van der Waals surface area contributed by atoms with Gasteiger partial charge in [-0.2, -0.15) is 11.8 Å². The van der Waals surface area contributed by atoms with Crippen molar-refractivity contribution >= 4 is 130 Å². The molecular formula is C89H161N21O23S. The molecule has 0 saturated heterocycles. The molecule has 0 unspecified atom stereocenters. The molecule has 0 fully saturated rings. The molecule has 134 heavy (non-hydrogen) atoms. The van der Waals surface area contributed by atoms with Crippen molar-refractivity contribution in [2.45, 2.75) is 326 Å². The lowest BCUT2D eigenvalue weighted by Gasteiger charge is -2.31. The molecule has 766 valence electrons. The standard InChI is InChI=1S/C89H161N21O23S/c1-24-53(20)73(88(131)109-72(52(18)19)87(130)104-60(33-46(6)7)78(121)94-38-67(113)92-39-70(116)108-71(51(16)17)86(129)97-54(21)74(117)93-40-69(115)99-61(34-47(8)9)81(124)105-64(89(132)133)37-50(14)15)110-83(126)63(36-49(12)13)101-75(118)55(22)96-79(122)58(28-30-134-23)100-80(123)57(27-25-26-29-90)98-68(114)41-95-77(120)59(32-45(4)5)102-85(128)66(43-112)107-82(125)62(35-48(10)11)103-84(127)65(42-111)106-76(119)56(91)31-44(2)3/h44-66,71-73,111-112H,24-43,90-91H2,1-23H3,(H,92,113)(H,93,117)(H,94,121)(H,95,120)(H,96,122)(H,97,129)(H,98,114)(H,99,115)(H,100,123)(H,101,118)(H,102,128)(H,103,127)(H,104,130)(H,105,124)(H,106,119)(H,107,125)(H,108,116)(H,109,131)(H,110,126)(H,132,133)/t53-,54-,55-,56-,57-,58-,59-,60-,61-,62-,63-,64-,65-,66-,71-,72-,73-/m0/s1. The molecule has 0 aliphatic heterocycles. The van der Waals surface area contributed by atoms with Gasteiger partial charge in [0.2, 0.25) is 112 Å². The van der Waals surface area contributed by atoms with E-state index in [1.165, 1.54) is 25.6 Å². The van der Waals surface area contributed by atoms with Crippen LogP contribution in [0.4, 0.5) is 0 Å². The highest BCUT2D eigenvalue weighted by atomic mass is 32.2. The molecule has 45 heteroatoms. The smallest absolute Gasteiger partial charge is 0.326 e. The van der Waals surface area contributed by atoms with E-state index < -0.39 is 272 Å². The van der Waals surface area contributed by atoms with Gasteiger partial charge in [-0.3, -0.25) is 91.1 Å². The number of thioether (sulfide) groups is 1. The Morgan fingerprint density at radius 3 is 1.00 bits per heavy atom. The average Bonchev–Trinajstić information content (AvgIpc) is 0.839. The number of rotatable bonds is 66. The molecule has 0 saturated carbocycles. The fourth-order valence-corrected chi connectivity index (χ4v) is 14.0. The van der Waals surface area contributed by atoms with Crippen LogP contribution >= 0.6 is 11.8 Å². The second-order valence-electron chi connectivity index (χ2n) is 37.8. The largest absolute Gasteiger partial charge is 0.480 e. The maximum atomic E-state index is 14.5. The van der Waals surface area contributed by atoms with Crippen LogP contribution in [0.25, 0.3) is 0 Å². The van der Waals surface area contributed by atoms with Crippen molar-refractivity contribution in [2.75, 3.05) is 57.9 Å². The van der Waals surface area contributed by atoms with Gasteiger partial charge in [-0.05, 0) is 162 Å². The Morgan fingerprint density at radius 1 is 0.284 bits per heavy atom. The predicted molar refractivity (Wildman–Crippen MR) is 503 cm³/mol. The number of carbonyl (C=O) groups excluding carboxylic acids is 19. The average molecular weight is 1930 g/mol. The number of amides is 19. The number of unbranched alkanes of at least 4 members (excludes halogenated alkanes) is 1. The van der Waals surface area contributed by atoms with Crippen LogP contribution in [-0.2, 0) is 95.9 Å². The van der Waals surface area contributed by atoms with Gasteiger partial charge in [0, 0.05) is 0 Å². The van der Waals surface area contributed by atoms with E-state index >= 15 is 0 Å². The van der Waals surface area contributed by atoms with Gasteiger partial charge in [0.25, 0.3) is 0 Å². The van der Waals surface area contributed by atoms with Crippen LogP contribution in [0.3, 0.4) is 0 Å². The Hall–Kier alpha value is -10.4. The van der Waals surface area contributed by atoms with Crippen molar-refractivity contribution in [1.82, 2.24) is 101 Å². The lowest BCUT2D eigenvalue weighted by molar-refractivity contribution is -0.143. The second-order valence-corrected chi connectivity index (χ2v) is 38.8. The second kappa shape index (κ2) is 64.5. The van der Waals surface area contributed by atoms with Gasteiger partial charge in [-0.25, -0.2) is 4.79 Å². The first-order valence-corrected chi connectivity index (χ1v) is 47.9. The number of nitrogens with two attached hydrogens (primary N) is 2. The summed E-state index contributed by atoms with van der Waals surface area (Å²) in [6, 6.07) is -20.9. The lowest BCUT2D eigenvalue weighted by Crippen LogP contribution is -2.61. The van der Waals surface area contributed by atoms with E-state index in [9.17, 15) is 111 Å². The first kappa shape index (κ1) is 124. The zero-order chi connectivity index (χ0) is 103. The number of aliphatic hydroxyl groups is 2. The van der Waals surface area contributed by atoms with Gasteiger partial charge >= 0.3 is 5.97 Å². The normalized spacial score (nSPS) is 15.3. The maximum Gasteiger partial charge on any atom is 0.326 e. The van der Waals surface area contributed by atoms with Gasteiger partial charge in [0.15, 0.2) is 0 Å². The third kappa shape index (κ3) is 49.7. The highest BCUT2D eigenvalue weighted by Crippen LogP contribution is 2.18. The monoisotopic (exact) mass is 1920 g/mol. The van der Waals surface area contributed by atoms with E-state index in [0.29, 0.717) is 25.0 Å². The SMILES string of the molecule is CC[C@H](C)[C@H](NC(=O)[C@H](CC(C)C)NC(=O)[C@H](C)NC(=O)[C@H](CCSC)NC(=O)[C@H](CCCCN)NC(=O)CNC(=O)[C@H](CC(C)C)NC(=O)[C@H](CO)NC(=O)[C@H](CC(C)C)NC(=O)[C@H](CO)NC(=O)[C@@H](N)CC(C)C)C(=O)N[C@H](C(=O)N[C@@H](CC(C)C)C(=O)NCC(=O)NCC(=O)N[C@H](C(=O)N[C@@H](C)C(=O)NCC(=O)N[C@@H](CC(C)C)C(=O)N[C@@H](CC(C)C)C(=O)O)C(C)C)C(C)C. The molecule has 0 aliphatic rings. The number of hydrogen-bond acceptors (Lipinski definition) is 25. The van der Waals surface area contributed by atoms with Gasteiger partial charge in [0.1, 0.15) is 90.6 Å². The molecule has 0 radical (unpaired) electrons.